The van der Waals surface area contributed by atoms with Crippen LogP contribution >= 0.6 is 0 Å². The second-order valence-electron chi connectivity index (χ2n) is 3.75. The van der Waals surface area contributed by atoms with E-state index in [4.69, 9.17) is 5.26 Å². The lowest BCUT2D eigenvalue weighted by Gasteiger charge is -2.07. The molecule has 1 rings (SSSR count). The molecule has 0 fully saturated rings. The van der Waals surface area contributed by atoms with E-state index < -0.39 is 16.0 Å². The van der Waals surface area contributed by atoms with Gasteiger partial charge in [-0.2, -0.15) is 5.26 Å². The maximum absolute atomic E-state index is 11.8. The Bertz CT molecular complexity index is 590. The first kappa shape index (κ1) is 15.1. The van der Waals surface area contributed by atoms with Crippen molar-refractivity contribution in [3.63, 3.8) is 0 Å². The van der Waals surface area contributed by atoms with Crippen molar-refractivity contribution in [2.24, 2.45) is 0 Å². The van der Waals surface area contributed by atoms with Crippen LogP contribution in [0.15, 0.2) is 24.3 Å². The smallest absolute Gasteiger partial charge is 0.306 e. The zero-order chi connectivity index (χ0) is 14.3. The summed E-state index contributed by atoms with van der Waals surface area (Å²) in [5.41, 5.74) is 0.747. The largest absolute Gasteiger partial charge is 0.469 e. The first-order valence-corrected chi connectivity index (χ1v) is 7.16. The highest BCUT2D eigenvalue weighted by Crippen LogP contribution is 2.10. The number of sulfonamides is 1. The monoisotopic (exact) mass is 282 g/mol. The fourth-order valence-electron chi connectivity index (χ4n) is 1.42. The first-order valence-electron chi connectivity index (χ1n) is 5.50. The maximum Gasteiger partial charge on any atom is 0.306 e. The topological polar surface area (TPSA) is 96.3 Å². The number of nitrogens with one attached hydrogen (secondary N) is 1. The van der Waals surface area contributed by atoms with E-state index in [1.54, 1.807) is 24.3 Å². The molecule has 7 heteroatoms. The Labute approximate surface area is 112 Å². The summed E-state index contributed by atoms with van der Waals surface area (Å²) in [4.78, 5) is 10.9. The first-order chi connectivity index (χ1) is 8.98. The van der Waals surface area contributed by atoms with Crippen molar-refractivity contribution in [1.82, 2.24) is 4.72 Å². The lowest BCUT2D eigenvalue weighted by Crippen LogP contribution is -2.28. The van der Waals surface area contributed by atoms with Crippen LogP contribution in [-0.4, -0.2) is 28.0 Å². The normalized spacial score (nSPS) is 10.7. The number of ether oxygens (including phenoxy) is 1. The molecule has 0 spiro atoms. The van der Waals surface area contributed by atoms with E-state index in [1.165, 1.54) is 7.11 Å². The van der Waals surface area contributed by atoms with Crippen molar-refractivity contribution in [3.8, 4) is 6.07 Å². The number of esters is 1. The quantitative estimate of drug-likeness (QED) is 0.768. The highest BCUT2D eigenvalue weighted by Gasteiger charge is 2.14. The van der Waals surface area contributed by atoms with Crippen LogP contribution in [0.3, 0.4) is 0 Å². The Balaban J connectivity index is 2.65. The molecular weight excluding hydrogens is 268 g/mol. The molecule has 0 aliphatic heterocycles. The third-order valence-electron chi connectivity index (χ3n) is 2.36. The van der Waals surface area contributed by atoms with Crippen molar-refractivity contribution in [2.45, 2.75) is 12.2 Å². The molecule has 0 radical (unpaired) electrons. The summed E-state index contributed by atoms with van der Waals surface area (Å²) < 4.78 is 30.2. The van der Waals surface area contributed by atoms with Crippen molar-refractivity contribution in [3.05, 3.63) is 35.4 Å². The van der Waals surface area contributed by atoms with E-state index >= 15 is 0 Å². The average Bonchev–Trinajstić information content (AvgIpc) is 2.38. The van der Waals surface area contributed by atoms with E-state index in [-0.39, 0.29) is 18.7 Å². The Hall–Kier alpha value is -1.91. The van der Waals surface area contributed by atoms with Crippen molar-refractivity contribution in [2.75, 3.05) is 13.7 Å². The standard InChI is InChI=1S/C12H14N2O4S/c1-18-12(15)6-7-14-19(16,17)9-11-5-3-2-4-10(11)8-13/h2-5,14H,6-7,9H2,1H3. The molecule has 0 aromatic heterocycles. The molecule has 0 saturated carbocycles. The van der Waals surface area contributed by atoms with Crippen LogP contribution in [0.4, 0.5) is 0 Å². The predicted octanol–water partition coefficient (Wildman–Crippen LogP) is 0.541. The fourth-order valence-corrected chi connectivity index (χ4v) is 2.60. The van der Waals surface area contributed by atoms with Gasteiger partial charge in [0.15, 0.2) is 0 Å². The second kappa shape index (κ2) is 6.87. The minimum Gasteiger partial charge on any atom is -0.469 e. The molecule has 0 aliphatic carbocycles. The fraction of sp³-hybridized carbons (Fsp3) is 0.333. The number of carbonyl (C=O) groups excluding carboxylic acids is 1. The van der Waals surface area contributed by atoms with E-state index in [0.29, 0.717) is 11.1 Å². The Morgan fingerprint density at radius 3 is 2.74 bits per heavy atom. The molecule has 0 bridgehead atoms. The summed E-state index contributed by atoms with van der Waals surface area (Å²) >= 11 is 0. The third kappa shape index (κ3) is 5.07. The van der Waals surface area contributed by atoms with Gasteiger partial charge in [0.2, 0.25) is 10.0 Å². The van der Waals surface area contributed by atoms with Gasteiger partial charge in [-0.15, -0.1) is 0 Å². The van der Waals surface area contributed by atoms with Crippen LogP contribution in [0, 0.1) is 11.3 Å². The van der Waals surface area contributed by atoms with Crippen LogP contribution in [-0.2, 0) is 25.3 Å². The van der Waals surface area contributed by atoms with Gasteiger partial charge in [0.1, 0.15) is 0 Å². The van der Waals surface area contributed by atoms with Gasteiger partial charge in [-0.3, -0.25) is 4.79 Å². The summed E-state index contributed by atoms with van der Waals surface area (Å²) in [5.74, 6) is -0.780. The van der Waals surface area contributed by atoms with Crippen LogP contribution in [0.2, 0.25) is 0 Å². The number of hydrogen-bond acceptors (Lipinski definition) is 5. The van der Waals surface area contributed by atoms with Crippen molar-refractivity contribution >= 4 is 16.0 Å². The van der Waals surface area contributed by atoms with E-state index in [1.807, 2.05) is 6.07 Å². The molecule has 102 valence electrons. The zero-order valence-corrected chi connectivity index (χ0v) is 11.2. The molecule has 0 atom stereocenters. The number of methoxy groups -OCH3 is 1. The lowest BCUT2D eigenvalue weighted by atomic mass is 10.1. The highest BCUT2D eigenvalue weighted by molar-refractivity contribution is 7.88. The van der Waals surface area contributed by atoms with Gasteiger partial charge in [-0.25, -0.2) is 13.1 Å². The van der Waals surface area contributed by atoms with Gasteiger partial charge in [-0.05, 0) is 11.6 Å². The number of benzene rings is 1. The van der Waals surface area contributed by atoms with Gasteiger partial charge in [0.05, 0.1) is 30.9 Å². The molecule has 19 heavy (non-hydrogen) atoms. The number of carbonyl (C=O) groups is 1. The highest BCUT2D eigenvalue weighted by atomic mass is 32.2. The van der Waals surface area contributed by atoms with Gasteiger partial charge < -0.3 is 4.74 Å². The molecule has 0 saturated heterocycles. The summed E-state index contributed by atoms with van der Waals surface area (Å²) in [6.45, 7) is -0.0241. The number of nitrogens with zero attached hydrogens (tertiary/aromatic N) is 1. The summed E-state index contributed by atoms with van der Waals surface area (Å²) in [6.07, 6.45) is -0.0321. The number of nitriles is 1. The van der Waals surface area contributed by atoms with Gasteiger partial charge in [0.25, 0.3) is 0 Å². The van der Waals surface area contributed by atoms with Crippen molar-refractivity contribution in [1.29, 1.82) is 5.26 Å². The Kier molecular flexibility index (Phi) is 5.48. The molecule has 0 unspecified atom stereocenters. The molecule has 0 heterocycles. The van der Waals surface area contributed by atoms with E-state index in [0.717, 1.165) is 0 Å². The van der Waals surface area contributed by atoms with Crippen molar-refractivity contribution < 1.29 is 17.9 Å². The summed E-state index contributed by atoms with van der Waals surface area (Å²) in [6, 6.07) is 8.40. The molecule has 1 N–H and O–H groups in total. The SMILES string of the molecule is COC(=O)CCNS(=O)(=O)Cc1ccccc1C#N. The lowest BCUT2D eigenvalue weighted by molar-refractivity contribution is -0.140. The maximum atomic E-state index is 11.8. The van der Waals surface area contributed by atoms with Crippen LogP contribution in [0.1, 0.15) is 17.5 Å². The minimum absolute atomic E-state index is 0.0241. The van der Waals surface area contributed by atoms with Gasteiger partial charge >= 0.3 is 5.97 Å². The molecule has 1 aromatic rings. The van der Waals surface area contributed by atoms with Gasteiger partial charge in [0, 0.05) is 6.54 Å². The predicted molar refractivity (Wildman–Crippen MR) is 68.4 cm³/mol. The molecular formula is C12H14N2O4S. The summed E-state index contributed by atoms with van der Waals surface area (Å²) in [7, 11) is -2.34. The average molecular weight is 282 g/mol. The Morgan fingerprint density at radius 1 is 1.42 bits per heavy atom. The molecule has 0 aliphatic rings. The van der Waals surface area contributed by atoms with Crippen LogP contribution in [0.5, 0.6) is 0 Å². The van der Waals surface area contributed by atoms with Crippen LogP contribution < -0.4 is 4.72 Å². The zero-order valence-electron chi connectivity index (χ0n) is 10.4. The molecule has 0 amide bonds. The number of rotatable bonds is 6. The minimum atomic E-state index is -3.58. The summed E-state index contributed by atoms with van der Waals surface area (Å²) in [5, 5.41) is 8.87. The Morgan fingerprint density at radius 2 is 2.11 bits per heavy atom. The van der Waals surface area contributed by atoms with E-state index in [9.17, 15) is 13.2 Å². The third-order valence-corrected chi connectivity index (χ3v) is 3.70. The van der Waals surface area contributed by atoms with Crippen LogP contribution in [0.25, 0.3) is 0 Å². The molecule has 1 aromatic carbocycles. The van der Waals surface area contributed by atoms with E-state index in [2.05, 4.69) is 9.46 Å². The second-order valence-corrected chi connectivity index (χ2v) is 5.56. The number of hydrogen-bond donors (Lipinski definition) is 1. The van der Waals surface area contributed by atoms with Gasteiger partial charge in [-0.1, -0.05) is 18.2 Å². The molecule has 6 nitrogen and oxygen atoms in total.